The molecule has 0 saturated carbocycles. The molecule has 2 aliphatic rings. The minimum Gasteiger partial charge on any atom is -0.339 e. The van der Waals surface area contributed by atoms with Crippen molar-refractivity contribution in [2.45, 2.75) is 26.3 Å². The molecule has 148 valence electrons. The Hall–Kier alpha value is -1.50. The standard InChI is InChI=1S/C19H26Cl2N4O2/c1-13(2)25-6-5-14(12-25)18(26)23-7-9-24(10-8-23)19(27)22-15-3-4-16(20)17(21)11-15/h3-4,11,13-14H,5-10,12H2,1-2H3,(H,22,27)/t14-/m1/s1. The van der Waals surface area contributed by atoms with Gasteiger partial charge in [0.05, 0.1) is 16.0 Å². The fourth-order valence-electron chi connectivity index (χ4n) is 3.62. The molecule has 3 rings (SSSR count). The lowest BCUT2D eigenvalue weighted by atomic mass is 10.1. The Morgan fingerprint density at radius 3 is 2.30 bits per heavy atom. The van der Waals surface area contributed by atoms with Crippen LogP contribution in [0, 0.1) is 5.92 Å². The van der Waals surface area contributed by atoms with Gasteiger partial charge >= 0.3 is 6.03 Å². The second kappa shape index (κ2) is 8.67. The lowest BCUT2D eigenvalue weighted by molar-refractivity contribution is -0.136. The van der Waals surface area contributed by atoms with Crippen molar-refractivity contribution in [3.63, 3.8) is 0 Å². The Kier molecular flexibility index (Phi) is 6.50. The minimum absolute atomic E-state index is 0.0870. The molecule has 0 aromatic heterocycles. The molecule has 0 unspecified atom stereocenters. The molecule has 1 atom stereocenters. The maximum Gasteiger partial charge on any atom is 0.321 e. The summed E-state index contributed by atoms with van der Waals surface area (Å²) >= 11 is 11.9. The largest absolute Gasteiger partial charge is 0.339 e. The highest BCUT2D eigenvalue weighted by Gasteiger charge is 2.34. The summed E-state index contributed by atoms with van der Waals surface area (Å²) in [6.07, 6.45) is 0.926. The number of halogens is 2. The van der Waals surface area contributed by atoms with Crippen molar-refractivity contribution in [3.8, 4) is 0 Å². The third-order valence-electron chi connectivity index (χ3n) is 5.35. The number of carbonyl (C=O) groups is 2. The quantitative estimate of drug-likeness (QED) is 0.827. The first-order chi connectivity index (χ1) is 12.8. The molecule has 8 heteroatoms. The van der Waals surface area contributed by atoms with Crippen LogP contribution in [0.1, 0.15) is 20.3 Å². The van der Waals surface area contributed by atoms with E-state index in [1.54, 1.807) is 23.1 Å². The Labute approximate surface area is 170 Å². The summed E-state index contributed by atoms with van der Waals surface area (Å²) in [5.74, 6) is 0.312. The first-order valence-electron chi connectivity index (χ1n) is 9.39. The third-order valence-corrected chi connectivity index (χ3v) is 6.09. The van der Waals surface area contributed by atoms with E-state index < -0.39 is 0 Å². The van der Waals surface area contributed by atoms with E-state index in [2.05, 4.69) is 24.1 Å². The molecule has 0 aliphatic carbocycles. The number of rotatable bonds is 3. The van der Waals surface area contributed by atoms with E-state index in [1.807, 2.05) is 4.90 Å². The molecular formula is C19H26Cl2N4O2. The van der Waals surface area contributed by atoms with E-state index in [1.165, 1.54) is 0 Å². The van der Waals surface area contributed by atoms with Crippen LogP contribution in [0.15, 0.2) is 18.2 Å². The molecule has 2 saturated heterocycles. The Bertz CT molecular complexity index is 705. The smallest absolute Gasteiger partial charge is 0.321 e. The number of amides is 3. The molecule has 0 radical (unpaired) electrons. The molecule has 2 heterocycles. The molecule has 3 amide bonds. The summed E-state index contributed by atoms with van der Waals surface area (Å²) in [6, 6.07) is 5.28. The first-order valence-corrected chi connectivity index (χ1v) is 10.1. The van der Waals surface area contributed by atoms with E-state index in [9.17, 15) is 9.59 Å². The van der Waals surface area contributed by atoms with E-state index >= 15 is 0 Å². The van der Waals surface area contributed by atoms with Gasteiger partial charge in [0, 0.05) is 44.5 Å². The van der Waals surface area contributed by atoms with Crippen LogP contribution in [0.2, 0.25) is 10.0 Å². The van der Waals surface area contributed by atoms with Gasteiger partial charge in [0.1, 0.15) is 0 Å². The van der Waals surface area contributed by atoms with Gasteiger partial charge in [-0.15, -0.1) is 0 Å². The Morgan fingerprint density at radius 2 is 1.70 bits per heavy atom. The predicted molar refractivity (Wildman–Crippen MR) is 108 cm³/mol. The number of anilines is 1. The lowest BCUT2D eigenvalue weighted by Gasteiger charge is -2.36. The van der Waals surface area contributed by atoms with Crippen molar-refractivity contribution >= 4 is 40.8 Å². The van der Waals surface area contributed by atoms with Gasteiger partial charge < -0.3 is 20.0 Å². The third kappa shape index (κ3) is 4.86. The van der Waals surface area contributed by atoms with Crippen LogP contribution in [-0.2, 0) is 4.79 Å². The number of hydrogen-bond acceptors (Lipinski definition) is 3. The van der Waals surface area contributed by atoms with Crippen molar-refractivity contribution in [2.24, 2.45) is 5.92 Å². The fourth-order valence-corrected chi connectivity index (χ4v) is 3.92. The monoisotopic (exact) mass is 412 g/mol. The van der Waals surface area contributed by atoms with Crippen LogP contribution in [0.5, 0.6) is 0 Å². The van der Waals surface area contributed by atoms with Crippen molar-refractivity contribution in [1.29, 1.82) is 0 Å². The molecule has 0 spiro atoms. The van der Waals surface area contributed by atoms with E-state index in [0.717, 1.165) is 19.5 Å². The van der Waals surface area contributed by atoms with Crippen molar-refractivity contribution in [3.05, 3.63) is 28.2 Å². The second-order valence-electron chi connectivity index (χ2n) is 7.45. The second-order valence-corrected chi connectivity index (χ2v) is 8.26. The fraction of sp³-hybridized carbons (Fsp3) is 0.579. The van der Waals surface area contributed by atoms with Gasteiger partial charge in [0.2, 0.25) is 5.91 Å². The first kappa shape index (κ1) is 20.2. The Morgan fingerprint density at radius 1 is 1.04 bits per heavy atom. The number of urea groups is 1. The SMILES string of the molecule is CC(C)N1CC[C@@H](C(=O)N2CCN(C(=O)Nc3ccc(Cl)c(Cl)c3)CC2)C1. The zero-order valence-electron chi connectivity index (χ0n) is 15.8. The molecule has 0 bridgehead atoms. The van der Waals surface area contributed by atoms with E-state index in [4.69, 9.17) is 23.2 Å². The van der Waals surface area contributed by atoms with Crippen molar-refractivity contribution in [2.75, 3.05) is 44.6 Å². The molecule has 1 aromatic carbocycles. The summed E-state index contributed by atoms with van der Waals surface area (Å²) in [7, 11) is 0. The summed E-state index contributed by atoms with van der Waals surface area (Å²) in [4.78, 5) is 31.2. The highest BCUT2D eigenvalue weighted by atomic mass is 35.5. The summed E-state index contributed by atoms with van der Waals surface area (Å²) in [5.41, 5.74) is 0.604. The van der Waals surface area contributed by atoms with Crippen LogP contribution in [-0.4, -0.2) is 71.9 Å². The zero-order chi connectivity index (χ0) is 19.6. The van der Waals surface area contributed by atoms with Crippen LogP contribution in [0.4, 0.5) is 10.5 Å². The van der Waals surface area contributed by atoms with Gasteiger partial charge in [0.25, 0.3) is 0 Å². The molecule has 1 N–H and O–H groups in total. The van der Waals surface area contributed by atoms with Crippen molar-refractivity contribution in [1.82, 2.24) is 14.7 Å². The molecule has 27 heavy (non-hydrogen) atoms. The van der Waals surface area contributed by atoms with Crippen LogP contribution < -0.4 is 5.32 Å². The van der Waals surface area contributed by atoms with E-state index in [-0.39, 0.29) is 17.9 Å². The molecule has 1 aromatic rings. The molecule has 6 nitrogen and oxygen atoms in total. The molecule has 2 fully saturated rings. The predicted octanol–water partition coefficient (Wildman–Crippen LogP) is 3.40. The minimum atomic E-state index is -0.188. The van der Waals surface area contributed by atoms with Gasteiger partial charge in [-0.3, -0.25) is 4.79 Å². The number of nitrogens with zero attached hydrogens (tertiary/aromatic N) is 3. The summed E-state index contributed by atoms with van der Waals surface area (Å²) in [6.45, 7) is 8.36. The van der Waals surface area contributed by atoms with Gasteiger partial charge in [-0.05, 0) is 45.0 Å². The molecule has 2 aliphatic heterocycles. The topological polar surface area (TPSA) is 55.9 Å². The van der Waals surface area contributed by atoms with Crippen LogP contribution in [0.3, 0.4) is 0 Å². The average Bonchev–Trinajstić information content (AvgIpc) is 3.15. The number of carbonyl (C=O) groups excluding carboxylic acids is 2. The van der Waals surface area contributed by atoms with Gasteiger partial charge in [-0.1, -0.05) is 23.2 Å². The Balaban J connectivity index is 1.49. The van der Waals surface area contributed by atoms with Gasteiger partial charge in [-0.25, -0.2) is 4.79 Å². The molecular weight excluding hydrogens is 387 g/mol. The van der Waals surface area contributed by atoms with Gasteiger partial charge in [0.15, 0.2) is 0 Å². The van der Waals surface area contributed by atoms with Crippen LogP contribution >= 0.6 is 23.2 Å². The maximum atomic E-state index is 12.8. The van der Waals surface area contributed by atoms with E-state index in [0.29, 0.717) is 48.0 Å². The normalized spacial score (nSPS) is 21.0. The van der Waals surface area contributed by atoms with Crippen molar-refractivity contribution < 1.29 is 9.59 Å². The van der Waals surface area contributed by atoms with Crippen LogP contribution in [0.25, 0.3) is 0 Å². The zero-order valence-corrected chi connectivity index (χ0v) is 17.3. The summed E-state index contributed by atoms with van der Waals surface area (Å²) in [5, 5.41) is 3.68. The van der Waals surface area contributed by atoms with Gasteiger partial charge in [-0.2, -0.15) is 0 Å². The number of nitrogens with one attached hydrogen (secondary N) is 1. The highest BCUT2D eigenvalue weighted by molar-refractivity contribution is 6.42. The summed E-state index contributed by atoms with van der Waals surface area (Å²) < 4.78 is 0. The number of likely N-dealkylation sites (tertiary alicyclic amines) is 1. The lowest BCUT2D eigenvalue weighted by Crippen LogP contribution is -2.53. The highest BCUT2D eigenvalue weighted by Crippen LogP contribution is 2.25. The average molecular weight is 413 g/mol. The number of piperazine rings is 1. The number of hydrogen-bond donors (Lipinski definition) is 1. The number of benzene rings is 1. The maximum absolute atomic E-state index is 12.8.